The summed E-state index contributed by atoms with van der Waals surface area (Å²) >= 11 is 15.8. The van der Waals surface area contributed by atoms with Gasteiger partial charge in [-0.1, -0.05) is 35.3 Å². The number of aromatic nitrogens is 2. The van der Waals surface area contributed by atoms with Crippen LogP contribution in [0.1, 0.15) is 26.3 Å². The normalized spacial score (nSPS) is 10.6. The topological polar surface area (TPSA) is 90.1 Å². The zero-order valence-electron chi connectivity index (χ0n) is 18.9. The smallest absolute Gasteiger partial charge is 0.258 e. The Hall–Kier alpha value is -2.78. The monoisotopic (exact) mass is 595 g/mol. The fraction of sp³-hybridized carbons (Fsp3) is 0.125. The number of nitrogens with zero attached hydrogens (tertiary/aromatic N) is 2. The Bertz CT molecular complexity index is 1420. The van der Waals surface area contributed by atoms with Gasteiger partial charge in [-0.2, -0.15) is 0 Å². The Morgan fingerprint density at radius 1 is 1.00 bits per heavy atom. The van der Waals surface area contributed by atoms with Gasteiger partial charge < -0.3 is 20.5 Å². The van der Waals surface area contributed by atoms with Crippen LogP contribution in [0.3, 0.4) is 0 Å². The van der Waals surface area contributed by atoms with Crippen LogP contribution in [0.5, 0.6) is 0 Å². The molecule has 0 aliphatic heterocycles. The number of H-pyrrole nitrogens is 1. The van der Waals surface area contributed by atoms with Gasteiger partial charge in [0.2, 0.25) is 5.95 Å². The lowest BCUT2D eigenvalue weighted by atomic mass is 10.1. The summed E-state index contributed by atoms with van der Waals surface area (Å²) in [6.07, 6.45) is 0. The summed E-state index contributed by atoms with van der Waals surface area (Å²) < 4.78 is 0.560. The first-order valence-corrected chi connectivity index (χ1v) is 11.7. The van der Waals surface area contributed by atoms with Crippen molar-refractivity contribution < 1.29 is 9.59 Å². The van der Waals surface area contributed by atoms with E-state index < -0.39 is 5.91 Å². The molecule has 182 valence electrons. The van der Waals surface area contributed by atoms with E-state index in [-0.39, 0.29) is 23.9 Å². The highest BCUT2D eigenvalue weighted by Gasteiger charge is 2.20. The summed E-state index contributed by atoms with van der Waals surface area (Å²) in [5.74, 6) is -0.233. The molecule has 0 aliphatic rings. The van der Waals surface area contributed by atoms with E-state index in [1.165, 1.54) is 0 Å². The number of halogens is 4. The largest absolute Gasteiger partial charge is 0.349 e. The van der Waals surface area contributed by atoms with E-state index in [4.69, 9.17) is 23.2 Å². The van der Waals surface area contributed by atoms with Crippen LogP contribution < -0.4 is 15.5 Å². The molecule has 0 saturated carbocycles. The van der Waals surface area contributed by atoms with E-state index in [2.05, 4.69) is 36.5 Å². The van der Waals surface area contributed by atoms with Gasteiger partial charge in [-0.25, -0.2) is 4.98 Å². The number of amides is 2. The van der Waals surface area contributed by atoms with Crippen molar-refractivity contribution in [3.8, 4) is 0 Å². The molecular weight excluding hydrogens is 577 g/mol. The molecule has 0 spiro atoms. The lowest BCUT2D eigenvalue weighted by molar-refractivity contribution is 0.101. The summed E-state index contributed by atoms with van der Waals surface area (Å²) in [6, 6.07) is 13.7. The second-order valence-electron chi connectivity index (χ2n) is 7.79. The molecule has 3 aromatic carbocycles. The minimum atomic E-state index is -0.416. The maximum Gasteiger partial charge on any atom is 0.258 e. The quantitative estimate of drug-likeness (QED) is 0.233. The molecule has 0 unspecified atom stereocenters. The Labute approximate surface area is 226 Å². The molecular formula is C24H21BrCl3N5O2. The number of hydrogen-bond acceptors (Lipinski definition) is 4. The molecule has 4 aromatic rings. The first-order chi connectivity index (χ1) is 16.2. The van der Waals surface area contributed by atoms with Crippen LogP contribution in [0.4, 0.5) is 17.3 Å². The van der Waals surface area contributed by atoms with Crippen LogP contribution in [0.2, 0.25) is 10.0 Å². The van der Waals surface area contributed by atoms with Gasteiger partial charge in [0, 0.05) is 35.0 Å². The zero-order valence-corrected chi connectivity index (χ0v) is 22.8. The Morgan fingerprint density at radius 3 is 2.37 bits per heavy atom. The van der Waals surface area contributed by atoms with Gasteiger partial charge >= 0.3 is 0 Å². The Kier molecular flexibility index (Phi) is 8.33. The molecule has 0 atom stereocenters. The van der Waals surface area contributed by atoms with Gasteiger partial charge in [0.05, 0.1) is 21.7 Å². The lowest BCUT2D eigenvalue weighted by Gasteiger charge is -2.12. The highest BCUT2D eigenvalue weighted by molar-refractivity contribution is 9.10. The molecule has 0 fully saturated rings. The number of benzene rings is 3. The van der Waals surface area contributed by atoms with Crippen molar-refractivity contribution in [2.45, 2.75) is 6.92 Å². The number of carbonyl (C=O) groups excluding carboxylic acids is 2. The average molecular weight is 598 g/mol. The molecule has 3 N–H and O–H groups in total. The van der Waals surface area contributed by atoms with E-state index in [9.17, 15) is 9.59 Å². The van der Waals surface area contributed by atoms with Crippen molar-refractivity contribution in [3.05, 3.63) is 79.7 Å². The number of rotatable bonds is 5. The van der Waals surface area contributed by atoms with Crippen molar-refractivity contribution in [1.82, 2.24) is 9.97 Å². The summed E-state index contributed by atoms with van der Waals surface area (Å²) in [4.78, 5) is 35.8. The number of anilines is 3. The lowest BCUT2D eigenvalue weighted by Crippen LogP contribution is -2.16. The maximum atomic E-state index is 13.3. The number of carbonyl (C=O) groups is 2. The van der Waals surface area contributed by atoms with Crippen LogP contribution in [-0.4, -0.2) is 35.9 Å². The molecule has 0 bridgehead atoms. The highest BCUT2D eigenvalue weighted by Crippen LogP contribution is 2.30. The van der Waals surface area contributed by atoms with Crippen LogP contribution in [-0.2, 0) is 0 Å². The van der Waals surface area contributed by atoms with Crippen molar-refractivity contribution in [3.63, 3.8) is 0 Å². The van der Waals surface area contributed by atoms with E-state index in [0.717, 1.165) is 5.56 Å². The SMILES string of the molecule is Cc1c(Cl)cccc1NC(=O)c1cc(NC(=O)c2c(Cl)cccc2Br)cc2[nH]c(N(C)C)nc12.Cl. The van der Waals surface area contributed by atoms with Crippen molar-refractivity contribution in [1.29, 1.82) is 0 Å². The van der Waals surface area contributed by atoms with Crippen molar-refractivity contribution >= 4 is 91.7 Å². The molecule has 0 radical (unpaired) electrons. The van der Waals surface area contributed by atoms with Crippen molar-refractivity contribution in [2.24, 2.45) is 0 Å². The zero-order chi connectivity index (χ0) is 24.6. The van der Waals surface area contributed by atoms with Gasteiger partial charge in [-0.3, -0.25) is 9.59 Å². The van der Waals surface area contributed by atoms with Gasteiger partial charge in [0.15, 0.2) is 0 Å². The summed E-state index contributed by atoms with van der Waals surface area (Å²) in [6.45, 7) is 1.82. The van der Waals surface area contributed by atoms with Crippen LogP contribution in [0.25, 0.3) is 11.0 Å². The average Bonchev–Trinajstić information content (AvgIpc) is 3.21. The number of hydrogen-bond donors (Lipinski definition) is 3. The summed E-state index contributed by atoms with van der Waals surface area (Å²) in [5.41, 5.74) is 3.39. The Balaban J connectivity index is 0.00000342. The second kappa shape index (κ2) is 10.9. The van der Waals surface area contributed by atoms with Crippen LogP contribution in [0, 0.1) is 6.92 Å². The molecule has 35 heavy (non-hydrogen) atoms. The van der Waals surface area contributed by atoms with E-state index >= 15 is 0 Å². The number of imidazole rings is 1. The van der Waals surface area contributed by atoms with Crippen LogP contribution >= 0.6 is 51.5 Å². The fourth-order valence-corrected chi connectivity index (χ4v) is 4.50. The number of nitrogens with one attached hydrogen (secondary N) is 3. The third-order valence-electron chi connectivity index (χ3n) is 5.21. The molecule has 4 rings (SSSR count). The first kappa shape index (κ1) is 26.8. The standard InChI is InChI=1S/C24H20BrCl2N5O2.ClH/c1-12-16(26)7-5-9-18(12)29-22(33)14-10-13(11-19-21(14)31-24(30-19)32(2)3)28-23(34)20-15(25)6-4-8-17(20)27;/h4-11H,1-3H3,(H,28,34)(H,29,33)(H,30,31);1H. The third-order valence-corrected chi connectivity index (χ3v) is 6.59. The van der Waals surface area contributed by atoms with Gasteiger partial charge in [-0.15, -0.1) is 12.4 Å². The van der Waals surface area contributed by atoms with E-state index in [0.29, 0.717) is 48.4 Å². The molecule has 1 aromatic heterocycles. The predicted octanol–water partition coefficient (Wildman–Crippen LogP) is 6.93. The van der Waals surface area contributed by atoms with Gasteiger partial charge in [0.1, 0.15) is 5.52 Å². The highest BCUT2D eigenvalue weighted by atomic mass is 79.9. The number of fused-ring (bicyclic) bond motifs is 1. The molecule has 1 heterocycles. The second-order valence-corrected chi connectivity index (χ2v) is 9.46. The summed E-state index contributed by atoms with van der Waals surface area (Å²) in [7, 11) is 3.68. The third kappa shape index (κ3) is 5.56. The predicted molar refractivity (Wildman–Crippen MR) is 149 cm³/mol. The molecule has 0 aliphatic carbocycles. The minimum Gasteiger partial charge on any atom is -0.349 e. The van der Waals surface area contributed by atoms with Crippen molar-refractivity contribution in [2.75, 3.05) is 29.6 Å². The van der Waals surface area contributed by atoms with E-state index in [1.54, 1.807) is 53.4 Å². The van der Waals surface area contributed by atoms with E-state index in [1.807, 2.05) is 21.0 Å². The molecule has 0 saturated heterocycles. The summed E-state index contributed by atoms with van der Waals surface area (Å²) in [5, 5.41) is 6.58. The minimum absolute atomic E-state index is 0. The fourth-order valence-electron chi connectivity index (χ4n) is 3.40. The van der Waals surface area contributed by atoms with Gasteiger partial charge in [0.25, 0.3) is 11.8 Å². The Morgan fingerprint density at radius 2 is 1.69 bits per heavy atom. The maximum absolute atomic E-state index is 13.3. The number of aromatic amines is 1. The molecule has 11 heteroatoms. The molecule has 7 nitrogen and oxygen atoms in total. The first-order valence-electron chi connectivity index (χ1n) is 10.2. The van der Waals surface area contributed by atoms with Gasteiger partial charge in [-0.05, 0) is 64.8 Å². The molecule has 2 amide bonds. The van der Waals surface area contributed by atoms with Crippen LogP contribution in [0.15, 0.2) is 53.0 Å².